The van der Waals surface area contributed by atoms with E-state index in [9.17, 15) is 9.59 Å². The van der Waals surface area contributed by atoms with Gasteiger partial charge in [-0.05, 0) is 35.8 Å². The summed E-state index contributed by atoms with van der Waals surface area (Å²) in [5.41, 5.74) is 2.43. The quantitative estimate of drug-likeness (QED) is 0.550. The van der Waals surface area contributed by atoms with Crippen LogP contribution in [0, 0.1) is 0 Å². The van der Waals surface area contributed by atoms with Crippen molar-refractivity contribution in [3.8, 4) is 11.5 Å². The van der Waals surface area contributed by atoms with Gasteiger partial charge in [-0.15, -0.1) is 0 Å². The summed E-state index contributed by atoms with van der Waals surface area (Å²) in [6, 6.07) is 12.8. The second-order valence-electron chi connectivity index (χ2n) is 6.34. The summed E-state index contributed by atoms with van der Waals surface area (Å²) in [7, 11) is 3.09. The summed E-state index contributed by atoms with van der Waals surface area (Å²) >= 11 is 0. The molecule has 0 heterocycles. The van der Waals surface area contributed by atoms with Crippen LogP contribution in [-0.2, 0) is 14.3 Å². The van der Waals surface area contributed by atoms with Gasteiger partial charge in [0.1, 0.15) is 11.5 Å². The Balaban J connectivity index is 1.92. The molecule has 0 radical (unpaired) electrons. The lowest BCUT2D eigenvalue weighted by Gasteiger charge is -2.13. The number of rotatable bonds is 8. The molecule has 0 aromatic heterocycles. The third-order valence-electron chi connectivity index (χ3n) is 4.04. The molecule has 0 aliphatic heterocycles. The van der Waals surface area contributed by atoms with Crippen molar-refractivity contribution < 1.29 is 23.8 Å². The highest BCUT2D eigenvalue weighted by atomic mass is 16.5. The molecule has 6 heteroatoms. The summed E-state index contributed by atoms with van der Waals surface area (Å²) in [4.78, 5) is 24.0. The molecule has 0 fully saturated rings. The normalized spacial score (nSPS) is 10.8. The third-order valence-corrected chi connectivity index (χ3v) is 4.04. The van der Waals surface area contributed by atoms with Gasteiger partial charge in [0.25, 0.3) is 5.91 Å². The van der Waals surface area contributed by atoms with Crippen molar-refractivity contribution in [3.05, 3.63) is 59.7 Å². The van der Waals surface area contributed by atoms with Gasteiger partial charge in [0.2, 0.25) is 0 Å². The number of ether oxygens (including phenoxy) is 3. The lowest BCUT2D eigenvalue weighted by Crippen LogP contribution is -2.21. The van der Waals surface area contributed by atoms with Crippen LogP contribution in [0.4, 0.5) is 5.69 Å². The first-order valence-electron chi connectivity index (χ1n) is 8.90. The maximum atomic E-state index is 12.1. The van der Waals surface area contributed by atoms with Gasteiger partial charge in [-0.25, -0.2) is 4.79 Å². The van der Waals surface area contributed by atoms with Crippen LogP contribution < -0.4 is 14.8 Å². The fraction of sp³-hybridized carbons (Fsp3) is 0.273. The lowest BCUT2D eigenvalue weighted by atomic mass is 10.0. The smallest absolute Gasteiger partial charge is 0.331 e. The fourth-order valence-corrected chi connectivity index (χ4v) is 2.60. The minimum Gasteiger partial charge on any atom is -0.497 e. The number of para-hydroxylation sites is 1. The summed E-state index contributed by atoms with van der Waals surface area (Å²) in [5.74, 6) is 0.463. The number of carbonyl (C=O) groups excluding carboxylic acids is 2. The predicted molar refractivity (Wildman–Crippen MR) is 109 cm³/mol. The Morgan fingerprint density at radius 1 is 1.07 bits per heavy atom. The molecule has 148 valence electrons. The second kappa shape index (κ2) is 10.2. The first-order valence-corrected chi connectivity index (χ1v) is 8.90. The van der Waals surface area contributed by atoms with Crippen LogP contribution in [0.3, 0.4) is 0 Å². The zero-order valence-electron chi connectivity index (χ0n) is 16.5. The van der Waals surface area contributed by atoms with Crippen LogP contribution in [0.15, 0.2) is 48.5 Å². The maximum Gasteiger partial charge on any atom is 0.331 e. The molecule has 0 spiro atoms. The summed E-state index contributed by atoms with van der Waals surface area (Å²) in [5, 5.41) is 2.78. The molecular formula is C22H25NO5. The molecule has 1 N–H and O–H groups in total. The number of methoxy groups -OCH3 is 2. The topological polar surface area (TPSA) is 73.9 Å². The second-order valence-corrected chi connectivity index (χ2v) is 6.34. The molecule has 0 atom stereocenters. The first-order chi connectivity index (χ1) is 13.4. The average molecular weight is 383 g/mol. The number of carbonyl (C=O) groups is 2. The van der Waals surface area contributed by atoms with E-state index in [1.165, 1.54) is 13.2 Å². The number of anilines is 1. The third kappa shape index (κ3) is 5.87. The van der Waals surface area contributed by atoms with E-state index in [-0.39, 0.29) is 12.5 Å². The monoisotopic (exact) mass is 383 g/mol. The van der Waals surface area contributed by atoms with Gasteiger partial charge >= 0.3 is 5.97 Å². The number of amides is 1. The van der Waals surface area contributed by atoms with Crippen LogP contribution in [0.1, 0.15) is 30.9 Å². The molecule has 6 nitrogen and oxygen atoms in total. The average Bonchev–Trinajstić information content (AvgIpc) is 2.70. The molecule has 0 aliphatic carbocycles. The highest BCUT2D eigenvalue weighted by Crippen LogP contribution is 2.26. The van der Waals surface area contributed by atoms with Crippen molar-refractivity contribution in [2.75, 3.05) is 26.1 Å². The first kappa shape index (κ1) is 21.0. The van der Waals surface area contributed by atoms with Crippen LogP contribution >= 0.6 is 0 Å². The Morgan fingerprint density at radius 2 is 1.82 bits per heavy atom. The van der Waals surface area contributed by atoms with E-state index >= 15 is 0 Å². The molecule has 0 unspecified atom stereocenters. The van der Waals surface area contributed by atoms with Crippen molar-refractivity contribution in [1.29, 1.82) is 0 Å². The zero-order valence-corrected chi connectivity index (χ0v) is 16.5. The summed E-state index contributed by atoms with van der Waals surface area (Å²) < 4.78 is 15.4. The van der Waals surface area contributed by atoms with Gasteiger partial charge < -0.3 is 19.5 Å². The van der Waals surface area contributed by atoms with Crippen molar-refractivity contribution in [3.63, 3.8) is 0 Å². The molecule has 28 heavy (non-hydrogen) atoms. The van der Waals surface area contributed by atoms with Crippen molar-refractivity contribution in [2.45, 2.75) is 19.8 Å². The largest absolute Gasteiger partial charge is 0.497 e. The number of esters is 1. The van der Waals surface area contributed by atoms with Gasteiger partial charge in [-0.2, -0.15) is 0 Å². The van der Waals surface area contributed by atoms with E-state index in [1.54, 1.807) is 31.4 Å². The van der Waals surface area contributed by atoms with E-state index in [4.69, 9.17) is 14.2 Å². The number of hydrogen-bond acceptors (Lipinski definition) is 5. The standard InChI is InChI=1S/C22H25NO5/c1-15(2)18-7-5-6-8-19(18)23-21(24)14-28-22(25)12-10-16-9-11-17(26-3)13-20(16)27-4/h5-13,15H,14H2,1-4H3,(H,23,24). The molecule has 1 amide bonds. The summed E-state index contributed by atoms with van der Waals surface area (Å²) in [6.45, 7) is 3.72. The summed E-state index contributed by atoms with van der Waals surface area (Å²) in [6.07, 6.45) is 2.81. The molecule has 0 saturated heterocycles. The Labute approximate surface area is 165 Å². The number of nitrogens with one attached hydrogen (secondary N) is 1. The molecule has 0 aliphatic rings. The Bertz CT molecular complexity index is 858. The highest BCUT2D eigenvalue weighted by molar-refractivity contribution is 5.95. The molecule has 0 bridgehead atoms. The van der Waals surface area contributed by atoms with Gasteiger partial charge in [-0.1, -0.05) is 32.0 Å². The fourth-order valence-electron chi connectivity index (χ4n) is 2.60. The van der Waals surface area contributed by atoms with Gasteiger partial charge in [0.15, 0.2) is 6.61 Å². The van der Waals surface area contributed by atoms with Gasteiger partial charge in [-0.3, -0.25) is 4.79 Å². The van der Waals surface area contributed by atoms with E-state index in [0.29, 0.717) is 17.1 Å². The number of benzene rings is 2. The van der Waals surface area contributed by atoms with Gasteiger partial charge in [0.05, 0.1) is 14.2 Å². The Morgan fingerprint density at radius 3 is 2.50 bits per heavy atom. The number of hydrogen-bond donors (Lipinski definition) is 1. The van der Waals surface area contributed by atoms with Crippen LogP contribution in [0.25, 0.3) is 6.08 Å². The van der Waals surface area contributed by atoms with E-state index in [1.807, 2.05) is 38.1 Å². The van der Waals surface area contributed by atoms with Crippen molar-refractivity contribution in [1.82, 2.24) is 0 Å². The van der Waals surface area contributed by atoms with Crippen molar-refractivity contribution >= 4 is 23.6 Å². The van der Waals surface area contributed by atoms with Crippen LogP contribution in [-0.4, -0.2) is 32.7 Å². The minimum atomic E-state index is -0.620. The lowest BCUT2D eigenvalue weighted by molar-refractivity contribution is -0.142. The SMILES string of the molecule is COc1ccc(C=CC(=O)OCC(=O)Nc2ccccc2C(C)C)c(OC)c1. The van der Waals surface area contributed by atoms with Crippen LogP contribution in [0.2, 0.25) is 0 Å². The van der Waals surface area contributed by atoms with E-state index in [2.05, 4.69) is 5.32 Å². The van der Waals surface area contributed by atoms with E-state index < -0.39 is 11.9 Å². The molecular weight excluding hydrogens is 358 g/mol. The Kier molecular flexibility index (Phi) is 7.63. The molecule has 0 saturated carbocycles. The molecule has 2 rings (SSSR count). The van der Waals surface area contributed by atoms with Crippen molar-refractivity contribution in [2.24, 2.45) is 0 Å². The maximum absolute atomic E-state index is 12.1. The zero-order chi connectivity index (χ0) is 20.5. The molecule has 2 aromatic rings. The predicted octanol–water partition coefficient (Wildman–Crippen LogP) is 4.02. The van der Waals surface area contributed by atoms with Crippen LogP contribution in [0.5, 0.6) is 11.5 Å². The molecule has 2 aromatic carbocycles. The van der Waals surface area contributed by atoms with E-state index in [0.717, 1.165) is 11.3 Å². The minimum absolute atomic E-state index is 0.265. The Hall–Kier alpha value is -3.28. The van der Waals surface area contributed by atoms with Gasteiger partial charge in [0, 0.05) is 23.4 Å². The highest BCUT2D eigenvalue weighted by Gasteiger charge is 2.11.